The number of ether oxygens (including phenoxy) is 2. The van der Waals surface area contributed by atoms with Crippen LogP contribution in [0.4, 0.5) is 0 Å². The highest BCUT2D eigenvalue weighted by Gasteiger charge is 2.28. The number of nitrogens with one attached hydrogen (secondary N) is 1. The van der Waals surface area contributed by atoms with E-state index in [9.17, 15) is 9.59 Å². The van der Waals surface area contributed by atoms with Crippen molar-refractivity contribution in [3.63, 3.8) is 0 Å². The van der Waals surface area contributed by atoms with Gasteiger partial charge in [-0.3, -0.25) is 9.59 Å². The Balaban J connectivity index is 1.44. The fourth-order valence-electron chi connectivity index (χ4n) is 3.56. The van der Waals surface area contributed by atoms with Crippen molar-refractivity contribution in [1.82, 2.24) is 10.2 Å². The Hall–Kier alpha value is -3.28. The van der Waals surface area contributed by atoms with Gasteiger partial charge in [-0.15, -0.1) is 0 Å². The highest BCUT2D eigenvalue weighted by molar-refractivity contribution is 5.81. The summed E-state index contributed by atoms with van der Waals surface area (Å²) in [6.45, 7) is 2.98. The Bertz CT molecular complexity index is 938. The fourth-order valence-corrected chi connectivity index (χ4v) is 3.56. The van der Waals surface area contributed by atoms with Crippen LogP contribution in [-0.2, 0) is 16.1 Å². The van der Waals surface area contributed by atoms with Crippen LogP contribution in [0.5, 0.6) is 11.5 Å². The summed E-state index contributed by atoms with van der Waals surface area (Å²) >= 11 is 0. The van der Waals surface area contributed by atoms with Crippen molar-refractivity contribution < 1.29 is 19.1 Å². The molecule has 2 aromatic rings. The smallest absolute Gasteiger partial charge is 0.223 e. The maximum atomic E-state index is 12.6. The highest BCUT2D eigenvalue weighted by atomic mass is 16.6. The first-order valence-corrected chi connectivity index (χ1v) is 9.33. The first-order valence-electron chi connectivity index (χ1n) is 9.33. The van der Waals surface area contributed by atoms with Gasteiger partial charge in [0, 0.05) is 19.7 Å². The molecule has 0 aliphatic carbocycles. The van der Waals surface area contributed by atoms with E-state index >= 15 is 0 Å². The molecule has 6 nitrogen and oxygen atoms in total. The van der Waals surface area contributed by atoms with Gasteiger partial charge in [0.2, 0.25) is 11.8 Å². The van der Waals surface area contributed by atoms with Crippen molar-refractivity contribution in [2.75, 3.05) is 13.2 Å². The van der Waals surface area contributed by atoms with E-state index in [-0.39, 0.29) is 24.3 Å². The third kappa shape index (κ3) is 3.71. The number of nitrogens with zero attached hydrogens (tertiary/aromatic N) is 1. The van der Waals surface area contributed by atoms with Crippen molar-refractivity contribution in [2.24, 2.45) is 0 Å². The number of carbonyl (C=O) groups excluding carboxylic acids is 2. The summed E-state index contributed by atoms with van der Waals surface area (Å²) < 4.78 is 11.1. The van der Waals surface area contributed by atoms with Gasteiger partial charge in [-0.2, -0.15) is 0 Å². The number of hydrogen-bond acceptors (Lipinski definition) is 4. The molecule has 0 saturated carbocycles. The van der Waals surface area contributed by atoms with Crippen LogP contribution >= 0.6 is 0 Å². The normalized spacial score (nSPS) is 17.0. The van der Waals surface area contributed by atoms with Crippen LogP contribution in [0.1, 0.15) is 36.1 Å². The topological polar surface area (TPSA) is 67.9 Å². The van der Waals surface area contributed by atoms with Crippen LogP contribution in [0.15, 0.2) is 48.7 Å². The second-order valence-corrected chi connectivity index (χ2v) is 6.85. The first kappa shape index (κ1) is 18.1. The van der Waals surface area contributed by atoms with Gasteiger partial charge in [0.1, 0.15) is 13.2 Å². The zero-order valence-corrected chi connectivity index (χ0v) is 15.7. The predicted molar refractivity (Wildman–Crippen MR) is 105 cm³/mol. The average Bonchev–Trinajstić information content (AvgIpc) is 2.72. The lowest BCUT2D eigenvalue weighted by Gasteiger charge is -2.32. The zero-order valence-electron chi connectivity index (χ0n) is 15.7. The second-order valence-electron chi connectivity index (χ2n) is 6.85. The number of fused-ring (bicyclic) bond motifs is 2. The molecule has 28 heavy (non-hydrogen) atoms. The maximum absolute atomic E-state index is 12.6. The highest BCUT2D eigenvalue weighted by Crippen LogP contribution is 2.33. The van der Waals surface area contributed by atoms with Crippen molar-refractivity contribution in [3.8, 4) is 11.5 Å². The average molecular weight is 378 g/mol. The van der Waals surface area contributed by atoms with Crippen molar-refractivity contribution in [3.05, 3.63) is 65.4 Å². The number of benzene rings is 2. The fraction of sp³-hybridized carbons (Fsp3) is 0.273. The minimum Gasteiger partial charge on any atom is -0.486 e. The van der Waals surface area contributed by atoms with E-state index in [0.717, 1.165) is 22.4 Å². The van der Waals surface area contributed by atoms with Gasteiger partial charge in [-0.05, 0) is 34.9 Å². The van der Waals surface area contributed by atoms with Crippen molar-refractivity contribution in [1.29, 1.82) is 0 Å². The van der Waals surface area contributed by atoms with Crippen LogP contribution in [0.25, 0.3) is 6.08 Å². The molecular weight excluding hydrogens is 356 g/mol. The Labute approximate surface area is 163 Å². The van der Waals surface area contributed by atoms with Crippen LogP contribution in [0, 0.1) is 0 Å². The molecule has 2 aliphatic heterocycles. The Morgan fingerprint density at radius 3 is 2.71 bits per heavy atom. The third-order valence-corrected chi connectivity index (χ3v) is 4.94. The van der Waals surface area contributed by atoms with Crippen molar-refractivity contribution >= 4 is 17.9 Å². The minimum atomic E-state index is -0.307. The number of hydrogen-bond donors (Lipinski definition) is 1. The van der Waals surface area contributed by atoms with Gasteiger partial charge in [-0.25, -0.2) is 0 Å². The molecule has 0 saturated heterocycles. The summed E-state index contributed by atoms with van der Waals surface area (Å²) in [7, 11) is 0. The van der Waals surface area contributed by atoms with Gasteiger partial charge in [0.25, 0.3) is 0 Å². The summed E-state index contributed by atoms with van der Waals surface area (Å²) in [4.78, 5) is 26.3. The molecular formula is C22H22N2O4. The molecule has 0 aromatic heterocycles. The minimum absolute atomic E-state index is 0.0876. The lowest BCUT2D eigenvalue weighted by atomic mass is 9.93. The van der Waals surface area contributed by atoms with Gasteiger partial charge in [0.05, 0.1) is 12.5 Å². The van der Waals surface area contributed by atoms with Crippen molar-refractivity contribution in [2.45, 2.75) is 25.9 Å². The molecule has 6 heteroatoms. The Morgan fingerprint density at radius 1 is 1.11 bits per heavy atom. The Morgan fingerprint density at radius 2 is 1.89 bits per heavy atom. The molecule has 2 amide bonds. The number of carbonyl (C=O) groups is 2. The lowest BCUT2D eigenvalue weighted by molar-refractivity contribution is -0.130. The summed E-state index contributed by atoms with van der Waals surface area (Å²) in [6, 6.07) is 13.2. The SMILES string of the molecule is CC(=O)N1C=Cc2ccccc2C1CC(=O)NCc1ccc2c(c1)OCCO2. The molecule has 2 aliphatic rings. The Kier molecular flexibility index (Phi) is 5.02. The monoisotopic (exact) mass is 378 g/mol. The predicted octanol–water partition coefficient (Wildman–Crippen LogP) is 3.04. The quantitative estimate of drug-likeness (QED) is 0.888. The summed E-state index contributed by atoms with van der Waals surface area (Å²) in [5.41, 5.74) is 2.95. The van der Waals surface area contributed by atoms with Crippen LogP contribution in [0.2, 0.25) is 0 Å². The molecule has 1 unspecified atom stereocenters. The largest absolute Gasteiger partial charge is 0.486 e. The van der Waals surface area contributed by atoms with E-state index in [1.54, 1.807) is 11.1 Å². The molecule has 2 aromatic carbocycles. The standard InChI is InChI=1S/C22H22N2O4/c1-15(25)24-9-8-17-4-2-3-5-18(17)19(24)13-22(26)23-14-16-6-7-20-21(12-16)28-11-10-27-20/h2-9,12,19H,10-11,13-14H2,1H3,(H,23,26). The summed E-state index contributed by atoms with van der Waals surface area (Å²) in [5, 5.41) is 2.95. The van der Waals surface area contributed by atoms with E-state index in [0.29, 0.717) is 25.5 Å². The molecule has 0 radical (unpaired) electrons. The van der Waals surface area contributed by atoms with Gasteiger partial charge < -0.3 is 19.7 Å². The van der Waals surface area contributed by atoms with E-state index in [1.807, 2.05) is 48.5 Å². The molecule has 0 fully saturated rings. The lowest BCUT2D eigenvalue weighted by Crippen LogP contribution is -2.35. The van der Waals surface area contributed by atoms with Gasteiger partial charge in [-0.1, -0.05) is 30.3 Å². The van der Waals surface area contributed by atoms with Crippen LogP contribution < -0.4 is 14.8 Å². The van der Waals surface area contributed by atoms with Crippen LogP contribution in [-0.4, -0.2) is 29.9 Å². The molecule has 2 heterocycles. The molecule has 144 valence electrons. The maximum Gasteiger partial charge on any atom is 0.223 e. The molecule has 0 bridgehead atoms. The van der Waals surface area contributed by atoms with Crippen LogP contribution in [0.3, 0.4) is 0 Å². The zero-order chi connectivity index (χ0) is 19.5. The number of amides is 2. The first-order chi connectivity index (χ1) is 13.6. The van der Waals surface area contributed by atoms with Gasteiger partial charge >= 0.3 is 0 Å². The van der Waals surface area contributed by atoms with E-state index in [4.69, 9.17) is 9.47 Å². The molecule has 4 rings (SSSR count). The summed E-state index contributed by atoms with van der Waals surface area (Å²) in [5.74, 6) is 1.22. The summed E-state index contributed by atoms with van der Waals surface area (Å²) in [6.07, 6.45) is 3.86. The molecule has 1 N–H and O–H groups in total. The molecule has 1 atom stereocenters. The third-order valence-electron chi connectivity index (χ3n) is 4.94. The second kappa shape index (κ2) is 7.76. The number of rotatable bonds is 4. The van der Waals surface area contributed by atoms with E-state index in [1.165, 1.54) is 6.92 Å². The van der Waals surface area contributed by atoms with E-state index in [2.05, 4.69) is 5.32 Å². The van der Waals surface area contributed by atoms with E-state index < -0.39 is 0 Å². The molecule has 0 spiro atoms. The van der Waals surface area contributed by atoms with Gasteiger partial charge in [0.15, 0.2) is 11.5 Å².